The minimum absolute atomic E-state index is 0.541. The van der Waals surface area contributed by atoms with Gasteiger partial charge in [0.25, 0.3) is 0 Å². The first-order chi connectivity index (χ1) is 8.13. The number of rotatable bonds is 7. The van der Waals surface area contributed by atoms with E-state index >= 15 is 0 Å². The van der Waals surface area contributed by atoms with Crippen LogP contribution in [0.15, 0.2) is 18.2 Å². The summed E-state index contributed by atoms with van der Waals surface area (Å²) in [6.07, 6.45) is 0. The Morgan fingerprint density at radius 1 is 1.24 bits per heavy atom. The van der Waals surface area contributed by atoms with Crippen molar-refractivity contribution in [1.82, 2.24) is 5.32 Å². The molecule has 2 N–H and O–H groups in total. The molecule has 0 amide bonds. The van der Waals surface area contributed by atoms with E-state index in [0.717, 1.165) is 24.5 Å². The molecule has 0 unspecified atom stereocenters. The zero-order valence-corrected chi connectivity index (χ0v) is 11.3. The Bertz CT molecular complexity index is 337. The first-order valence-corrected chi connectivity index (χ1v) is 6.34. The van der Waals surface area contributed by atoms with E-state index in [-0.39, 0.29) is 0 Å². The SMILES string of the molecule is CCOc1ccc(NCCNC(C)C)cc1C. The van der Waals surface area contributed by atoms with Crippen LogP contribution in [0.2, 0.25) is 0 Å². The van der Waals surface area contributed by atoms with Gasteiger partial charge >= 0.3 is 0 Å². The van der Waals surface area contributed by atoms with E-state index in [9.17, 15) is 0 Å². The summed E-state index contributed by atoms with van der Waals surface area (Å²) in [6, 6.07) is 6.75. The molecule has 0 fully saturated rings. The standard InChI is InChI=1S/C14H24N2O/c1-5-17-14-7-6-13(10-12(14)4)16-9-8-15-11(2)3/h6-7,10-11,15-16H,5,8-9H2,1-4H3. The van der Waals surface area contributed by atoms with Crippen molar-refractivity contribution in [3.63, 3.8) is 0 Å². The van der Waals surface area contributed by atoms with Crippen LogP contribution in [0.5, 0.6) is 5.75 Å². The van der Waals surface area contributed by atoms with E-state index in [0.29, 0.717) is 12.6 Å². The lowest BCUT2D eigenvalue weighted by Crippen LogP contribution is -2.28. The summed E-state index contributed by atoms with van der Waals surface area (Å²) in [5.41, 5.74) is 2.32. The van der Waals surface area contributed by atoms with Crippen LogP contribution in [0.4, 0.5) is 5.69 Å². The number of aryl methyl sites for hydroxylation is 1. The molecule has 0 aliphatic rings. The summed E-state index contributed by atoms with van der Waals surface area (Å²) in [5, 5.41) is 6.77. The Morgan fingerprint density at radius 3 is 2.59 bits per heavy atom. The molecule has 0 spiro atoms. The van der Waals surface area contributed by atoms with Crippen LogP contribution in [0.1, 0.15) is 26.3 Å². The summed E-state index contributed by atoms with van der Waals surface area (Å²) in [5.74, 6) is 0.971. The Kier molecular flexibility index (Phi) is 5.84. The molecule has 1 rings (SSSR count). The summed E-state index contributed by atoms with van der Waals surface area (Å²) in [6.45, 7) is 11.0. The van der Waals surface area contributed by atoms with Crippen LogP contribution < -0.4 is 15.4 Å². The lowest BCUT2D eigenvalue weighted by molar-refractivity contribution is 0.338. The van der Waals surface area contributed by atoms with Gasteiger partial charge in [0.1, 0.15) is 5.75 Å². The quantitative estimate of drug-likeness (QED) is 0.714. The van der Waals surface area contributed by atoms with Gasteiger partial charge in [0, 0.05) is 24.8 Å². The third-order valence-corrected chi connectivity index (χ3v) is 2.48. The van der Waals surface area contributed by atoms with E-state index < -0.39 is 0 Å². The fraction of sp³-hybridized carbons (Fsp3) is 0.571. The average Bonchev–Trinajstić information content (AvgIpc) is 2.28. The number of benzene rings is 1. The minimum atomic E-state index is 0.541. The first-order valence-electron chi connectivity index (χ1n) is 6.34. The van der Waals surface area contributed by atoms with Gasteiger partial charge in [-0.2, -0.15) is 0 Å². The van der Waals surface area contributed by atoms with E-state index in [1.165, 1.54) is 5.56 Å². The summed E-state index contributed by atoms with van der Waals surface area (Å²) >= 11 is 0. The largest absolute Gasteiger partial charge is 0.494 e. The molecule has 96 valence electrons. The molecule has 0 heterocycles. The number of anilines is 1. The molecular formula is C14H24N2O. The highest BCUT2D eigenvalue weighted by atomic mass is 16.5. The molecule has 0 aromatic heterocycles. The smallest absolute Gasteiger partial charge is 0.122 e. The third kappa shape index (κ3) is 5.09. The van der Waals surface area contributed by atoms with Gasteiger partial charge in [0.15, 0.2) is 0 Å². The van der Waals surface area contributed by atoms with Crippen LogP contribution in [0.3, 0.4) is 0 Å². The van der Waals surface area contributed by atoms with Crippen molar-refractivity contribution in [3.8, 4) is 5.75 Å². The van der Waals surface area contributed by atoms with Crippen molar-refractivity contribution >= 4 is 5.69 Å². The molecule has 0 atom stereocenters. The number of nitrogens with one attached hydrogen (secondary N) is 2. The number of ether oxygens (including phenoxy) is 1. The highest BCUT2D eigenvalue weighted by molar-refractivity contribution is 5.50. The average molecular weight is 236 g/mol. The maximum atomic E-state index is 5.51. The maximum absolute atomic E-state index is 5.51. The van der Waals surface area contributed by atoms with Gasteiger partial charge in [0.2, 0.25) is 0 Å². The summed E-state index contributed by atoms with van der Waals surface area (Å²) in [4.78, 5) is 0. The lowest BCUT2D eigenvalue weighted by atomic mass is 10.2. The molecule has 0 saturated carbocycles. The van der Waals surface area contributed by atoms with Crippen LogP contribution in [0, 0.1) is 6.92 Å². The molecule has 0 aliphatic carbocycles. The van der Waals surface area contributed by atoms with Crippen molar-refractivity contribution in [1.29, 1.82) is 0 Å². The second-order valence-corrected chi connectivity index (χ2v) is 4.45. The molecule has 3 heteroatoms. The molecule has 0 saturated heterocycles. The topological polar surface area (TPSA) is 33.3 Å². The molecule has 0 aliphatic heterocycles. The Hall–Kier alpha value is -1.22. The van der Waals surface area contributed by atoms with E-state index in [4.69, 9.17) is 4.74 Å². The zero-order valence-electron chi connectivity index (χ0n) is 11.3. The summed E-state index contributed by atoms with van der Waals surface area (Å²) < 4.78 is 5.51. The normalized spacial score (nSPS) is 10.6. The van der Waals surface area contributed by atoms with E-state index in [1.807, 2.05) is 13.0 Å². The molecule has 1 aromatic rings. The van der Waals surface area contributed by atoms with E-state index in [1.54, 1.807) is 0 Å². The monoisotopic (exact) mass is 236 g/mol. The van der Waals surface area contributed by atoms with Gasteiger partial charge < -0.3 is 15.4 Å². The Labute approximate surface area is 105 Å². The molecule has 3 nitrogen and oxygen atoms in total. The van der Waals surface area contributed by atoms with Crippen LogP contribution in [0.25, 0.3) is 0 Å². The van der Waals surface area contributed by atoms with Crippen LogP contribution in [-0.4, -0.2) is 25.7 Å². The number of hydrogen-bond acceptors (Lipinski definition) is 3. The number of hydrogen-bond donors (Lipinski definition) is 2. The van der Waals surface area contributed by atoms with Gasteiger partial charge in [-0.15, -0.1) is 0 Å². The maximum Gasteiger partial charge on any atom is 0.122 e. The second kappa shape index (κ2) is 7.17. The van der Waals surface area contributed by atoms with Crippen LogP contribution in [-0.2, 0) is 0 Å². The van der Waals surface area contributed by atoms with Gasteiger partial charge in [-0.05, 0) is 37.6 Å². The van der Waals surface area contributed by atoms with Gasteiger partial charge in [-0.25, -0.2) is 0 Å². The predicted octanol–water partition coefficient (Wildman–Crippen LogP) is 2.80. The van der Waals surface area contributed by atoms with Crippen LogP contribution >= 0.6 is 0 Å². The Morgan fingerprint density at radius 2 is 2.00 bits per heavy atom. The third-order valence-electron chi connectivity index (χ3n) is 2.48. The van der Waals surface area contributed by atoms with Gasteiger partial charge in [0.05, 0.1) is 6.61 Å². The van der Waals surface area contributed by atoms with Crippen molar-refractivity contribution in [2.75, 3.05) is 25.0 Å². The fourth-order valence-electron chi connectivity index (χ4n) is 1.64. The first kappa shape index (κ1) is 13.8. The highest BCUT2D eigenvalue weighted by Crippen LogP contribution is 2.21. The molecular weight excluding hydrogens is 212 g/mol. The lowest BCUT2D eigenvalue weighted by Gasteiger charge is -2.12. The Balaban J connectivity index is 2.41. The van der Waals surface area contributed by atoms with Crippen molar-refractivity contribution in [3.05, 3.63) is 23.8 Å². The summed E-state index contributed by atoms with van der Waals surface area (Å²) in [7, 11) is 0. The molecule has 17 heavy (non-hydrogen) atoms. The second-order valence-electron chi connectivity index (χ2n) is 4.45. The highest BCUT2D eigenvalue weighted by Gasteiger charge is 2.00. The molecule has 0 radical (unpaired) electrons. The van der Waals surface area contributed by atoms with Crippen molar-refractivity contribution in [2.24, 2.45) is 0 Å². The van der Waals surface area contributed by atoms with E-state index in [2.05, 4.69) is 43.5 Å². The molecule has 1 aromatic carbocycles. The van der Waals surface area contributed by atoms with Gasteiger partial charge in [-0.1, -0.05) is 13.8 Å². The van der Waals surface area contributed by atoms with Crippen molar-refractivity contribution < 1.29 is 4.74 Å². The van der Waals surface area contributed by atoms with Crippen molar-refractivity contribution in [2.45, 2.75) is 33.7 Å². The fourth-order valence-corrected chi connectivity index (χ4v) is 1.64. The zero-order chi connectivity index (χ0) is 12.7. The molecule has 0 bridgehead atoms. The predicted molar refractivity (Wildman–Crippen MR) is 74.0 cm³/mol. The minimum Gasteiger partial charge on any atom is -0.494 e. The van der Waals surface area contributed by atoms with Gasteiger partial charge in [-0.3, -0.25) is 0 Å².